The third kappa shape index (κ3) is 5.56. The van der Waals surface area contributed by atoms with Gasteiger partial charge in [-0.3, -0.25) is 0 Å². The molecule has 3 rings (SSSR count). The number of rotatable bonds is 4. The summed E-state index contributed by atoms with van der Waals surface area (Å²) in [5, 5.41) is 0. The van der Waals surface area contributed by atoms with Crippen molar-refractivity contribution >= 4 is 47.0 Å². The minimum absolute atomic E-state index is 0.223. The Hall–Kier alpha value is -1.90. The van der Waals surface area contributed by atoms with Gasteiger partial charge in [0, 0.05) is 19.5 Å². The molecule has 0 bridgehead atoms. The molecule has 0 atom stereocenters. The highest BCUT2D eigenvalue weighted by Gasteiger charge is 2.16. The molecule has 0 saturated carbocycles. The molecular formula is C26H30S2. The molecule has 0 aliphatic carbocycles. The van der Waals surface area contributed by atoms with Gasteiger partial charge in [-0.25, -0.2) is 0 Å². The first-order valence-corrected chi connectivity index (χ1v) is 11.4. The summed E-state index contributed by atoms with van der Waals surface area (Å²) in [7, 11) is 0. The van der Waals surface area contributed by atoms with E-state index < -0.39 is 0 Å². The van der Waals surface area contributed by atoms with E-state index in [9.17, 15) is 0 Å². The van der Waals surface area contributed by atoms with Gasteiger partial charge in [-0.05, 0) is 58.4 Å². The lowest BCUT2D eigenvalue weighted by atomic mass is 9.95. The highest BCUT2D eigenvalue weighted by molar-refractivity contribution is 7.13. The predicted octanol–water partition coefficient (Wildman–Crippen LogP) is 8.75. The van der Waals surface area contributed by atoms with Crippen LogP contribution in [0.2, 0.25) is 0 Å². The maximum atomic E-state index is 2.26. The van der Waals surface area contributed by atoms with Gasteiger partial charge in [0.1, 0.15) is 0 Å². The van der Waals surface area contributed by atoms with E-state index in [0.717, 1.165) is 0 Å². The lowest BCUT2D eigenvalue weighted by molar-refractivity contribution is 0.603. The maximum Gasteiger partial charge on any atom is 0.0273 e. The van der Waals surface area contributed by atoms with Crippen LogP contribution in [-0.4, -0.2) is 0 Å². The molecule has 3 aromatic rings. The molecule has 2 aromatic heterocycles. The zero-order valence-corrected chi connectivity index (χ0v) is 19.4. The Labute approximate surface area is 178 Å². The van der Waals surface area contributed by atoms with Crippen LogP contribution >= 0.6 is 22.7 Å². The minimum Gasteiger partial charge on any atom is -0.140 e. The Bertz CT molecular complexity index is 883. The predicted molar refractivity (Wildman–Crippen MR) is 130 cm³/mol. The van der Waals surface area contributed by atoms with Gasteiger partial charge in [0.2, 0.25) is 0 Å². The molecule has 0 amide bonds. The molecule has 0 fully saturated rings. The van der Waals surface area contributed by atoms with Crippen LogP contribution in [0.4, 0.5) is 0 Å². The monoisotopic (exact) mass is 406 g/mol. The Kier molecular flexibility index (Phi) is 6.12. The molecule has 2 heteroatoms. The van der Waals surface area contributed by atoms with Crippen molar-refractivity contribution < 1.29 is 0 Å². The first-order valence-electron chi connectivity index (χ1n) is 9.78. The molecule has 0 aliphatic rings. The number of benzene rings is 1. The molecule has 0 nitrogen and oxygen atoms in total. The van der Waals surface area contributed by atoms with Gasteiger partial charge < -0.3 is 0 Å². The fourth-order valence-electron chi connectivity index (χ4n) is 2.77. The summed E-state index contributed by atoms with van der Waals surface area (Å²) in [5.41, 5.74) is 2.91. The maximum absolute atomic E-state index is 2.26. The van der Waals surface area contributed by atoms with E-state index in [0.29, 0.717) is 0 Å². The van der Waals surface area contributed by atoms with Gasteiger partial charge >= 0.3 is 0 Å². The van der Waals surface area contributed by atoms with Crippen LogP contribution in [0.1, 0.15) is 72.2 Å². The summed E-state index contributed by atoms with van der Waals surface area (Å²) in [4.78, 5) is 5.47. The van der Waals surface area contributed by atoms with E-state index in [4.69, 9.17) is 0 Å². The quantitative estimate of drug-likeness (QED) is 0.406. The fraction of sp³-hybridized carbons (Fsp3) is 0.308. The molecule has 146 valence electrons. The second-order valence-electron chi connectivity index (χ2n) is 9.24. The molecular weight excluding hydrogens is 376 g/mol. The first-order chi connectivity index (χ1) is 13.1. The lowest BCUT2D eigenvalue weighted by Gasteiger charge is -2.15. The van der Waals surface area contributed by atoms with Crippen LogP contribution in [0.25, 0.3) is 24.3 Å². The zero-order valence-electron chi connectivity index (χ0n) is 17.7. The van der Waals surface area contributed by atoms with Crippen LogP contribution in [-0.2, 0) is 10.8 Å². The van der Waals surface area contributed by atoms with Gasteiger partial charge in [-0.15, -0.1) is 22.7 Å². The highest BCUT2D eigenvalue weighted by Crippen LogP contribution is 2.31. The molecule has 0 saturated heterocycles. The Balaban J connectivity index is 1.65. The van der Waals surface area contributed by atoms with Crippen molar-refractivity contribution in [2.24, 2.45) is 0 Å². The van der Waals surface area contributed by atoms with E-state index >= 15 is 0 Å². The lowest BCUT2D eigenvalue weighted by Crippen LogP contribution is -2.07. The third-order valence-electron chi connectivity index (χ3n) is 4.55. The van der Waals surface area contributed by atoms with E-state index in [1.54, 1.807) is 0 Å². The normalized spacial score (nSPS) is 13.1. The van der Waals surface area contributed by atoms with Crippen molar-refractivity contribution in [3.05, 3.63) is 79.2 Å². The first kappa shape index (κ1) is 20.8. The molecule has 0 radical (unpaired) electrons. The van der Waals surface area contributed by atoms with Gasteiger partial charge in [0.05, 0.1) is 0 Å². The van der Waals surface area contributed by atoms with Crippen molar-refractivity contribution in [3.8, 4) is 0 Å². The van der Waals surface area contributed by atoms with Gasteiger partial charge in [0.15, 0.2) is 0 Å². The largest absolute Gasteiger partial charge is 0.140 e. The SMILES string of the molecule is CC(C)(C)c1ccc(/C=C/c2ccc(/C=C/c3ccc(C(C)(C)C)s3)cc2)s1. The topological polar surface area (TPSA) is 0 Å². The average molecular weight is 407 g/mol. The third-order valence-corrected chi connectivity index (χ3v) is 7.50. The fourth-order valence-corrected chi connectivity index (χ4v) is 4.70. The Morgan fingerprint density at radius 3 is 1.14 bits per heavy atom. The summed E-state index contributed by atoms with van der Waals surface area (Å²) in [6.07, 6.45) is 8.82. The van der Waals surface area contributed by atoms with Gasteiger partial charge in [-0.1, -0.05) is 78.0 Å². The summed E-state index contributed by atoms with van der Waals surface area (Å²) < 4.78 is 0. The number of hydrogen-bond donors (Lipinski definition) is 0. The van der Waals surface area contributed by atoms with Gasteiger partial charge in [-0.2, -0.15) is 0 Å². The summed E-state index contributed by atoms with van der Waals surface area (Å²) in [6, 6.07) is 17.7. The highest BCUT2D eigenvalue weighted by atomic mass is 32.1. The second kappa shape index (κ2) is 8.23. The molecule has 28 heavy (non-hydrogen) atoms. The van der Waals surface area contributed by atoms with Crippen LogP contribution in [0.3, 0.4) is 0 Å². The van der Waals surface area contributed by atoms with Crippen LogP contribution in [0.5, 0.6) is 0 Å². The van der Waals surface area contributed by atoms with E-state index in [2.05, 4.69) is 114 Å². The molecule has 0 aliphatic heterocycles. The summed E-state index contributed by atoms with van der Waals surface area (Å²) >= 11 is 3.75. The van der Waals surface area contributed by atoms with Crippen molar-refractivity contribution in [1.29, 1.82) is 0 Å². The molecule has 1 aromatic carbocycles. The van der Waals surface area contributed by atoms with Crippen molar-refractivity contribution in [2.75, 3.05) is 0 Å². The zero-order chi connectivity index (χ0) is 20.4. The van der Waals surface area contributed by atoms with Crippen molar-refractivity contribution in [1.82, 2.24) is 0 Å². The van der Waals surface area contributed by atoms with Crippen LogP contribution in [0.15, 0.2) is 48.5 Å². The molecule has 0 unspecified atom stereocenters. The number of hydrogen-bond acceptors (Lipinski definition) is 2. The standard InChI is InChI=1S/C26H30S2/c1-25(2,3)23-17-15-21(27-23)13-11-19-7-9-20(10-8-19)12-14-22-16-18-24(28-22)26(4,5)6/h7-18H,1-6H3/b13-11+,14-12+. The smallest absolute Gasteiger partial charge is 0.0273 e. The molecule has 0 N–H and O–H groups in total. The second-order valence-corrected chi connectivity index (χ2v) is 11.5. The minimum atomic E-state index is 0.223. The van der Waals surface area contributed by atoms with Crippen LogP contribution in [0, 0.1) is 0 Å². The Morgan fingerprint density at radius 2 is 0.857 bits per heavy atom. The summed E-state index contributed by atoms with van der Waals surface area (Å²) in [6.45, 7) is 13.6. The number of thiophene rings is 2. The van der Waals surface area contributed by atoms with Gasteiger partial charge in [0.25, 0.3) is 0 Å². The van der Waals surface area contributed by atoms with Crippen LogP contribution < -0.4 is 0 Å². The van der Waals surface area contributed by atoms with E-state index in [1.165, 1.54) is 30.6 Å². The van der Waals surface area contributed by atoms with E-state index in [1.807, 2.05) is 22.7 Å². The summed E-state index contributed by atoms with van der Waals surface area (Å²) in [5.74, 6) is 0. The van der Waals surface area contributed by atoms with Crippen molar-refractivity contribution in [3.63, 3.8) is 0 Å². The van der Waals surface area contributed by atoms with Crippen molar-refractivity contribution in [2.45, 2.75) is 52.4 Å². The molecule has 2 heterocycles. The Morgan fingerprint density at radius 1 is 0.500 bits per heavy atom. The van der Waals surface area contributed by atoms with E-state index in [-0.39, 0.29) is 10.8 Å². The average Bonchev–Trinajstić information content (AvgIpc) is 3.28. The molecule has 0 spiro atoms.